The van der Waals surface area contributed by atoms with Crippen LogP contribution in [0.25, 0.3) is 0 Å². The van der Waals surface area contributed by atoms with Gasteiger partial charge >= 0.3 is 12.1 Å². The number of fused-ring (bicyclic) bond motifs is 3. The second-order valence-corrected chi connectivity index (χ2v) is 15.7. The number of morpholine rings is 1. The number of carbonyl (C=O) groups excluding carboxylic acids is 4. The molecule has 0 aliphatic carbocycles. The number of imide groups is 1. The van der Waals surface area contributed by atoms with Crippen molar-refractivity contribution < 1.29 is 43.2 Å². The first-order valence-corrected chi connectivity index (χ1v) is 20.8. The summed E-state index contributed by atoms with van der Waals surface area (Å²) in [5, 5.41) is 9.49. The number of esters is 1. The lowest BCUT2D eigenvalue weighted by molar-refractivity contribution is -0.178. The van der Waals surface area contributed by atoms with Gasteiger partial charge < -0.3 is 29.8 Å². The number of amides is 3. The molecule has 3 aliphatic rings. The molecule has 6 atom stereocenters. The Kier molecular flexibility index (Phi) is 12.7. The molecule has 0 bridgehead atoms. The standard InChI is InChI=1S/C50H48N4O9/c1-52(32-34-13-6-3-7-14-34)26-12-15-33-20-25-40-39(31-33)50(48(58)53(40)49(59)62-30-29-60-2)41(46(51)56)43-47(57)63-44(36-18-10-5-11-19-36)42(35-16-8-4-9-17-35)54(43)45(50)37-21-23-38(24-22-37)61-28-27-55/h3-11,13-14,16-25,31,41-45,55H,26-30,32H2,1-2H3,(H2,51,56)/t41-,42-,43-,44+,45+,50-/m0/s1. The Labute approximate surface area is 365 Å². The Balaban J connectivity index is 1.35. The van der Waals surface area contributed by atoms with E-state index in [-0.39, 0.29) is 37.7 Å². The number of cyclic esters (lactones) is 1. The van der Waals surface area contributed by atoms with Crippen molar-refractivity contribution in [2.24, 2.45) is 11.7 Å². The smallest absolute Gasteiger partial charge is 0.421 e. The molecule has 0 saturated carbocycles. The molecule has 322 valence electrons. The fourth-order valence-corrected chi connectivity index (χ4v) is 9.41. The highest BCUT2D eigenvalue weighted by molar-refractivity contribution is 6.23. The molecule has 0 radical (unpaired) electrons. The monoisotopic (exact) mass is 848 g/mol. The molecule has 5 aromatic carbocycles. The molecule has 3 amide bonds. The number of carbonyl (C=O) groups is 4. The summed E-state index contributed by atoms with van der Waals surface area (Å²) < 4.78 is 22.9. The van der Waals surface area contributed by atoms with Crippen molar-refractivity contribution in [3.8, 4) is 17.6 Å². The number of methoxy groups -OCH3 is 1. The van der Waals surface area contributed by atoms with Crippen LogP contribution in [0.2, 0.25) is 0 Å². The average Bonchev–Trinajstić information content (AvgIpc) is 3.76. The molecule has 3 heterocycles. The second-order valence-electron chi connectivity index (χ2n) is 15.7. The molecule has 13 heteroatoms. The predicted molar refractivity (Wildman–Crippen MR) is 233 cm³/mol. The van der Waals surface area contributed by atoms with Crippen molar-refractivity contribution in [1.82, 2.24) is 9.80 Å². The van der Waals surface area contributed by atoms with Gasteiger partial charge in [0, 0.05) is 19.2 Å². The molecular weight excluding hydrogens is 801 g/mol. The molecule has 2 fully saturated rings. The number of nitrogens with zero attached hydrogens (tertiary/aromatic N) is 3. The van der Waals surface area contributed by atoms with Gasteiger partial charge in [0.2, 0.25) is 11.8 Å². The van der Waals surface area contributed by atoms with Gasteiger partial charge in [0.15, 0.2) is 0 Å². The molecule has 2 saturated heterocycles. The zero-order valence-electron chi connectivity index (χ0n) is 35.0. The highest BCUT2D eigenvalue weighted by atomic mass is 16.6. The van der Waals surface area contributed by atoms with E-state index < -0.39 is 59.4 Å². The quantitative estimate of drug-likeness (QED) is 0.0878. The van der Waals surface area contributed by atoms with Crippen LogP contribution in [-0.2, 0) is 40.6 Å². The van der Waals surface area contributed by atoms with E-state index in [0.29, 0.717) is 35.5 Å². The van der Waals surface area contributed by atoms with Crippen LogP contribution in [0.3, 0.4) is 0 Å². The zero-order valence-corrected chi connectivity index (χ0v) is 35.0. The lowest BCUT2D eigenvalue weighted by Crippen LogP contribution is -2.55. The molecule has 8 rings (SSSR count). The van der Waals surface area contributed by atoms with Crippen LogP contribution in [-0.4, -0.2) is 92.0 Å². The summed E-state index contributed by atoms with van der Waals surface area (Å²) in [7, 11) is 3.43. The van der Waals surface area contributed by atoms with E-state index in [1.165, 1.54) is 7.11 Å². The summed E-state index contributed by atoms with van der Waals surface area (Å²) in [4.78, 5) is 64.3. The van der Waals surface area contributed by atoms with Crippen molar-refractivity contribution in [3.63, 3.8) is 0 Å². The first-order chi connectivity index (χ1) is 30.7. The maximum Gasteiger partial charge on any atom is 0.421 e. The van der Waals surface area contributed by atoms with Gasteiger partial charge in [0.25, 0.3) is 0 Å². The molecule has 3 N–H and O–H groups in total. The van der Waals surface area contributed by atoms with Gasteiger partial charge in [-0.25, -0.2) is 9.69 Å². The van der Waals surface area contributed by atoms with Gasteiger partial charge in [0.1, 0.15) is 36.5 Å². The van der Waals surface area contributed by atoms with Gasteiger partial charge in [-0.1, -0.05) is 115 Å². The number of nitrogens with two attached hydrogens (primary N) is 1. The lowest BCUT2D eigenvalue weighted by atomic mass is 9.65. The minimum absolute atomic E-state index is 0.0448. The van der Waals surface area contributed by atoms with Crippen molar-refractivity contribution in [2.45, 2.75) is 36.2 Å². The zero-order chi connectivity index (χ0) is 44.1. The lowest BCUT2D eigenvalue weighted by Gasteiger charge is -2.46. The number of aliphatic hydroxyl groups excluding tert-OH is 1. The van der Waals surface area contributed by atoms with Gasteiger partial charge in [-0.3, -0.25) is 24.2 Å². The Morgan fingerprint density at radius 2 is 1.49 bits per heavy atom. The van der Waals surface area contributed by atoms with Gasteiger partial charge in [0.05, 0.1) is 43.4 Å². The summed E-state index contributed by atoms with van der Waals surface area (Å²) in [5.74, 6) is 2.88. The van der Waals surface area contributed by atoms with Crippen LogP contribution in [0, 0.1) is 17.8 Å². The Morgan fingerprint density at radius 3 is 2.14 bits per heavy atom. The Morgan fingerprint density at radius 1 is 0.825 bits per heavy atom. The van der Waals surface area contributed by atoms with Gasteiger partial charge in [-0.2, -0.15) is 0 Å². The SMILES string of the molecule is COCCOC(=O)N1C(=O)[C@@]2(c3cc(C#CCN(C)Cc4ccccc4)ccc31)[C@H](C(N)=O)[C@H]1C(=O)O[C@H](c3ccccc3)[C@H](c3ccccc3)N1[C@@H]2c1ccc(OCCO)cc1. The molecule has 5 aromatic rings. The first kappa shape index (κ1) is 42.9. The van der Waals surface area contributed by atoms with Gasteiger partial charge in [-0.15, -0.1) is 0 Å². The van der Waals surface area contributed by atoms with Crippen LogP contribution >= 0.6 is 0 Å². The summed E-state index contributed by atoms with van der Waals surface area (Å²) in [6.45, 7) is 0.826. The number of hydrogen-bond acceptors (Lipinski definition) is 11. The third kappa shape index (κ3) is 8.06. The largest absolute Gasteiger partial charge is 0.491 e. The molecule has 0 unspecified atom stereocenters. The van der Waals surface area contributed by atoms with E-state index >= 15 is 4.79 Å². The van der Waals surface area contributed by atoms with Crippen molar-refractivity contribution >= 4 is 29.6 Å². The number of rotatable bonds is 13. The first-order valence-electron chi connectivity index (χ1n) is 20.8. The number of ether oxygens (including phenoxy) is 4. The Hall–Kier alpha value is -6.82. The van der Waals surface area contributed by atoms with Crippen LogP contribution in [0.5, 0.6) is 5.75 Å². The van der Waals surface area contributed by atoms with Crippen molar-refractivity contribution in [3.05, 3.63) is 167 Å². The van der Waals surface area contributed by atoms with Crippen molar-refractivity contribution in [1.29, 1.82) is 0 Å². The average molecular weight is 849 g/mol. The second kappa shape index (κ2) is 18.7. The molecule has 0 aromatic heterocycles. The van der Waals surface area contributed by atoms with Crippen LogP contribution < -0.4 is 15.4 Å². The van der Waals surface area contributed by atoms with Crippen LogP contribution in [0.15, 0.2) is 133 Å². The molecule has 13 nitrogen and oxygen atoms in total. The van der Waals surface area contributed by atoms with E-state index in [4.69, 9.17) is 24.7 Å². The summed E-state index contributed by atoms with van der Waals surface area (Å²) in [6, 6.07) is 37.4. The summed E-state index contributed by atoms with van der Waals surface area (Å²) in [5.41, 5.74) is 8.50. The highest BCUT2D eigenvalue weighted by Crippen LogP contribution is 2.65. The van der Waals surface area contributed by atoms with Gasteiger partial charge in [-0.05, 0) is 65.2 Å². The number of primary amides is 1. The molecular formula is C50H48N4O9. The van der Waals surface area contributed by atoms with Crippen molar-refractivity contribution in [2.75, 3.05) is 52.0 Å². The highest BCUT2D eigenvalue weighted by Gasteiger charge is 2.75. The fraction of sp³-hybridized carbons (Fsp3) is 0.280. The number of aliphatic hydroxyl groups is 1. The molecule has 3 aliphatic heterocycles. The number of hydrogen-bond donors (Lipinski definition) is 2. The summed E-state index contributed by atoms with van der Waals surface area (Å²) in [6.07, 6.45) is -1.88. The third-order valence-corrected chi connectivity index (χ3v) is 11.9. The third-order valence-electron chi connectivity index (χ3n) is 11.9. The van der Waals surface area contributed by atoms with Crippen LogP contribution in [0.1, 0.15) is 51.6 Å². The minimum atomic E-state index is -2.01. The van der Waals surface area contributed by atoms with E-state index in [1.807, 2.05) is 103 Å². The summed E-state index contributed by atoms with van der Waals surface area (Å²) >= 11 is 0. The maximum absolute atomic E-state index is 15.9. The predicted octanol–water partition coefficient (Wildman–Crippen LogP) is 5.48. The molecule has 63 heavy (non-hydrogen) atoms. The van der Waals surface area contributed by atoms with E-state index in [1.54, 1.807) is 42.5 Å². The van der Waals surface area contributed by atoms with E-state index in [9.17, 15) is 19.5 Å². The Bertz CT molecular complexity index is 2510. The van der Waals surface area contributed by atoms with E-state index in [0.717, 1.165) is 16.0 Å². The van der Waals surface area contributed by atoms with E-state index in [2.05, 4.69) is 16.7 Å². The minimum Gasteiger partial charge on any atom is -0.491 e. The fourth-order valence-electron chi connectivity index (χ4n) is 9.41. The number of benzene rings is 5. The maximum atomic E-state index is 15.9. The number of anilines is 1. The topological polar surface area (TPSA) is 161 Å². The molecule has 1 spiro atoms. The van der Waals surface area contributed by atoms with Crippen LogP contribution in [0.4, 0.5) is 10.5 Å². The normalized spacial score (nSPS) is 22.5.